The minimum atomic E-state index is 0.208. The summed E-state index contributed by atoms with van der Waals surface area (Å²) in [6.07, 6.45) is 3.49. The summed E-state index contributed by atoms with van der Waals surface area (Å²) in [6, 6.07) is 6.24. The Hall–Kier alpha value is -1.75. The second-order valence-corrected chi connectivity index (χ2v) is 6.37. The van der Waals surface area contributed by atoms with Gasteiger partial charge in [0.1, 0.15) is 0 Å². The Morgan fingerprint density at radius 3 is 2.46 bits per heavy atom. The molecule has 2 N–H and O–H groups in total. The Balaban J connectivity index is 1.94. The van der Waals surface area contributed by atoms with Gasteiger partial charge in [-0.15, -0.1) is 0 Å². The molecule has 24 heavy (non-hydrogen) atoms. The fourth-order valence-electron chi connectivity index (χ4n) is 3.16. The molecule has 0 aromatic heterocycles. The van der Waals surface area contributed by atoms with Crippen LogP contribution in [0.4, 0.5) is 11.4 Å². The molecule has 2 rings (SSSR count). The summed E-state index contributed by atoms with van der Waals surface area (Å²) in [4.78, 5) is 16.5. The van der Waals surface area contributed by atoms with Gasteiger partial charge in [0.2, 0.25) is 5.91 Å². The smallest absolute Gasteiger partial charge is 0.223 e. The Bertz CT molecular complexity index is 521. The van der Waals surface area contributed by atoms with Crippen LogP contribution in [0.15, 0.2) is 18.2 Å². The average Bonchev–Trinajstić information content (AvgIpc) is 2.60. The van der Waals surface area contributed by atoms with Gasteiger partial charge in [0.25, 0.3) is 0 Å². The van der Waals surface area contributed by atoms with Crippen molar-refractivity contribution < 1.29 is 9.53 Å². The third-order valence-electron chi connectivity index (χ3n) is 4.41. The highest BCUT2D eigenvalue weighted by molar-refractivity contribution is 5.77. The number of aryl methyl sites for hydroxylation is 1. The molecule has 0 spiro atoms. The molecule has 1 heterocycles. The Labute approximate surface area is 145 Å². The van der Waals surface area contributed by atoms with E-state index in [2.05, 4.69) is 30.9 Å². The van der Waals surface area contributed by atoms with E-state index in [1.165, 1.54) is 0 Å². The number of benzene rings is 1. The fourth-order valence-corrected chi connectivity index (χ4v) is 3.16. The summed E-state index contributed by atoms with van der Waals surface area (Å²) in [6.45, 7) is 9.14. The van der Waals surface area contributed by atoms with Crippen molar-refractivity contribution in [1.29, 1.82) is 0 Å². The van der Waals surface area contributed by atoms with Crippen molar-refractivity contribution in [1.82, 2.24) is 4.90 Å². The molecule has 134 valence electrons. The van der Waals surface area contributed by atoms with E-state index in [1.54, 1.807) is 0 Å². The lowest BCUT2D eigenvalue weighted by Gasteiger charge is -2.27. The van der Waals surface area contributed by atoms with E-state index in [-0.39, 0.29) is 5.91 Å². The first-order valence-corrected chi connectivity index (χ1v) is 9.14. The van der Waals surface area contributed by atoms with E-state index >= 15 is 0 Å². The maximum atomic E-state index is 12.2. The number of hydrogen-bond acceptors (Lipinski definition) is 4. The van der Waals surface area contributed by atoms with Gasteiger partial charge in [-0.1, -0.05) is 19.9 Å². The molecule has 1 aliphatic heterocycles. The van der Waals surface area contributed by atoms with Crippen LogP contribution in [0, 0.1) is 0 Å². The van der Waals surface area contributed by atoms with Gasteiger partial charge in [0, 0.05) is 32.6 Å². The van der Waals surface area contributed by atoms with Gasteiger partial charge in [-0.3, -0.25) is 4.79 Å². The van der Waals surface area contributed by atoms with E-state index < -0.39 is 0 Å². The molecule has 5 nitrogen and oxygen atoms in total. The third-order valence-corrected chi connectivity index (χ3v) is 4.41. The van der Waals surface area contributed by atoms with Crippen molar-refractivity contribution in [2.45, 2.75) is 39.5 Å². The van der Waals surface area contributed by atoms with Crippen molar-refractivity contribution >= 4 is 17.3 Å². The summed E-state index contributed by atoms with van der Waals surface area (Å²) < 4.78 is 5.29. The van der Waals surface area contributed by atoms with Gasteiger partial charge >= 0.3 is 0 Å². The van der Waals surface area contributed by atoms with Gasteiger partial charge in [0.05, 0.1) is 24.6 Å². The highest BCUT2D eigenvalue weighted by Crippen LogP contribution is 2.25. The maximum Gasteiger partial charge on any atom is 0.223 e. The topological polar surface area (TPSA) is 58.8 Å². The Morgan fingerprint density at radius 1 is 1.21 bits per heavy atom. The number of rotatable bonds is 8. The zero-order valence-corrected chi connectivity index (χ0v) is 15.1. The standard InChI is InChI=1S/C19H31N3O2/c1-3-9-21(10-4-2)18-7-5-16(15-17(18)20)6-8-19(23)22-11-13-24-14-12-22/h5,7,15H,3-4,6,8-14,20H2,1-2H3. The van der Waals surface area contributed by atoms with Gasteiger partial charge < -0.3 is 20.3 Å². The number of carbonyl (C=O) groups excluding carboxylic acids is 1. The van der Waals surface area contributed by atoms with E-state index in [0.717, 1.165) is 49.3 Å². The van der Waals surface area contributed by atoms with E-state index in [1.807, 2.05) is 11.0 Å². The molecular weight excluding hydrogens is 302 g/mol. The van der Waals surface area contributed by atoms with Gasteiger partial charge in [-0.25, -0.2) is 0 Å². The molecule has 0 aliphatic carbocycles. The monoisotopic (exact) mass is 333 g/mol. The molecule has 1 saturated heterocycles. The van der Waals surface area contributed by atoms with E-state index in [0.29, 0.717) is 32.7 Å². The van der Waals surface area contributed by atoms with Crippen LogP contribution in [-0.4, -0.2) is 50.2 Å². The molecule has 0 bridgehead atoms. The number of amides is 1. The first kappa shape index (κ1) is 18.6. The van der Waals surface area contributed by atoms with Crippen LogP contribution >= 0.6 is 0 Å². The highest BCUT2D eigenvalue weighted by Gasteiger charge is 2.16. The molecule has 0 unspecified atom stereocenters. The fraction of sp³-hybridized carbons (Fsp3) is 0.632. The largest absolute Gasteiger partial charge is 0.397 e. The molecule has 0 atom stereocenters. The summed E-state index contributed by atoms with van der Waals surface area (Å²) in [5, 5.41) is 0. The number of carbonyl (C=O) groups is 1. The number of morpholine rings is 1. The molecule has 0 saturated carbocycles. The minimum Gasteiger partial charge on any atom is -0.397 e. The van der Waals surface area contributed by atoms with Gasteiger partial charge in [-0.2, -0.15) is 0 Å². The lowest BCUT2D eigenvalue weighted by Crippen LogP contribution is -2.40. The Morgan fingerprint density at radius 2 is 1.88 bits per heavy atom. The van der Waals surface area contributed by atoms with Gasteiger partial charge in [0.15, 0.2) is 0 Å². The quantitative estimate of drug-likeness (QED) is 0.743. The average molecular weight is 333 g/mol. The van der Waals surface area contributed by atoms with Crippen LogP contribution in [0.25, 0.3) is 0 Å². The third kappa shape index (κ3) is 5.13. The molecular formula is C19H31N3O2. The molecule has 1 aromatic rings. The number of anilines is 2. The van der Waals surface area contributed by atoms with Crippen LogP contribution in [0.3, 0.4) is 0 Å². The van der Waals surface area contributed by atoms with Crippen LogP contribution in [-0.2, 0) is 16.0 Å². The zero-order chi connectivity index (χ0) is 17.4. The highest BCUT2D eigenvalue weighted by atomic mass is 16.5. The number of hydrogen-bond donors (Lipinski definition) is 1. The van der Waals surface area contributed by atoms with Crippen molar-refractivity contribution in [3.8, 4) is 0 Å². The van der Waals surface area contributed by atoms with Crippen molar-refractivity contribution in [3.05, 3.63) is 23.8 Å². The number of nitrogen functional groups attached to an aromatic ring is 1. The second-order valence-electron chi connectivity index (χ2n) is 6.37. The van der Waals surface area contributed by atoms with Gasteiger partial charge in [-0.05, 0) is 37.0 Å². The molecule has 1 aromatic carbocycles. The molecule has 0 radical (unpaired) electrons. The number of nitrogens with zero attached hydrogens (tertiary/aromatic N) is 2. The van der Waals surface area contributed by atoms with Crippen LogP contribution < -0.4 is 10.6 Å². The predicted octanol–water partition coefficient (Wildman–Crippen LogP) is 2.69. The SMILES string of the molecule is CCCN(CCC)c1ccc(CCC(=O)N2CCOCC2)cc1N. The Kier molecular flexibility index (Phi) is 7.37. The first-order chi connectivity index (χ1) is 11.7. The molecule has 5 heteroatoms. The summed E-state index contributed by atoms with van der Waals surface area (Å²) in [5.41, 5.74) is 9.33. The molecule has 1 fully saturated rings. The predicted molar refractivity (Wildman–Crippen MR) is 99.4 cm³/mol. The first-order valence-electron chi connectivity index (χ1n) is 9.14. The lowest BCUT2D eigenvalue weighted by molar-refractivity contribution is -0.135. The molecule has 1 amide bonds. The summed E-state index contributed by atoms with van der Waals surface area (Å²) in [7, 11) is 0. The lowest BCUT2D eigenvalue weighted by atomic mass is 10.1. The normalized spacial score (nSPS) is 14.7. The summed E-state index contributed by atoms with van der Waals surface area (Å²) in [5.74, 6) is 0.208. The summed E-state index contributed by atoms with van der Waals surface area (Å²) >= 11 is 0. The minimum absolute atomic E-state index is 0.208. The van der Waals surface area contributed by atoms with Crippen LogP contribution in [0.2, 0.25) is 0 Å². The van der Waals surface area contributed by atoms with Crippen molar-refractivity contribution in [3.63, 3.8) is 0 Å². The number of nitrogens with two attached hydrogens (primary N) is 1. The van der Waals surface area contributed by atoms with Crippen LogP contribution in [0.5, 0.6) is 0 Å². The number of ether oxygens (including phenoxy) is 1. The van der Waals surface area contributed by atoms with Crippen molar-refractivity contribution in [2.24, 2.45) is 0 Å². The molecule has 1 aliphatic rings. The second kappa shape index (κ2) is 9.52. The van der Waals surface area contributed by atoms with Crippen molar-refractivity contribution in [2.75, 3.05) is 50.0 Å². The van der Waals surface area contributed by atoms with E-state index in [9.17, 15) is 4.79 Å². The van der Waals surface area contributed by atoms with E-state index in [4.69, 9.17) is 10.5 Å². The maximum absolute atomic E-state index is 12.2. The van der Waals surface area contributed by atoms with Crippen LogP contribution in [0.1, 0.15) is 38.7 Å². The zero-order valence-electron chi connectivity index (χ0n) is 15.1.